The third kappa shape index (κ3) is 3.61. The van der Waals surface area contributed by atoms with Crippen LogP contribution in [0, 0.1) is 0 Å². The molecule has 1 N–H and O–H groups in total. The Morgan fingerprint density at radius 1 is 1.35 bits per heavy atom. The molecule has 1 aliphatic heterocycles. The summed E-state index contributed by atoms with van der Waals surface area (Å²) < 4.78 is 0. The van der Waals surface area contributed by atoms with Crippen LogP contribution in [0.1, 0.15) is 34.1 Å². The highest BCUT2D eigenvalue weighted by atomic mass is 16.2. The van der Waals surface area contributed by atoms with Crippen molar-refractivity contribution in [2.75, 3.05) is 26.2 Å². The molecule has 0 saturated carbocycles. The van der Waals surface area contributed by atoms with Crippen LogP contribution in [0.25, 0.3) is 0 Å². The number of carbonyl (C=O) groups is 2. The average Bonchev–Trinajstić information content (AvgIpc) is 2.23. The van der Waals surface area contributed by atoms with Gasteiger partial charge < -0.3 is 15.1 Å². The van der Waals surface area contributed by atoms with Crippen molar-refractivity contribution >= 4 is 11.9 Å². The molecule has 0 spiro atoms. The average molecular weight is 241 g/mol. The lowest BCUT2D eigenvalue weighted by molar-refractivity contribution is -0.140. The highest BCUT2D eigenvalue weighted by molar-refractivity contribution is 5.85. The molecule has 1 fully saturated rings. The van der Waals surface area contributed by atoms with Gasteiger partial charge in [-0.2, -0.15) is 0 Å². The number of amides is 3. The van der Waals surface area contributed by atoms with Gasteiger partial charge in [0.25, 0.3) is 0 Å². The van der Waals surface area contributed by atoms with Crippen LogP contribution >= 0.6 is 0 Å². The summed E-state index contributed by atoms with van der Waals surface area (Å²) in [7, 11) is 0. The van der Waals surface area contributed by atoms with Crippen molar-refractivity contribution in [3.63, 3.8) is 0 Å². The molecule has 17 heavy (non-hydrogen) atoms. The van der Waals surface area contributed by atoms with Gasteiger partial charge in [-0.3, -0.25) is 4.79 Å². The Morgan fingerprint density at radius 3 is 2.47 bits per heavy atom. The summed E-state index contributed by atoms with van der Waals surface area (Å²) in [6.07, 6.45) is 0.904. The Kier molecular flexibility index (Phi) is 4.37. The van der Waals surface area contributed by atoms with Gasteiger partial charge in [-0.05, 0) is 27.2 Å². The van der Waals surface area contributed by atoms with Gasteiger partial charge in [-0.1, -0.05) is 6.92 Å². The Morgan fingerprint density at radius 2 is 2.00 bits per heavy atom. The number of hydrogen-bond acceptors (Lipinski definition) is 2. The van der Waals surface area contributed by atoms with E-state index in [1.54, 1.807) is 4.90 Å². The highest BCUT2D eigenvalue weighted by Gasteiger charge is 2.33. The van der Waals surface area contributed by atoms with E-state index in [-0.39, 0.29) is 24.0 Å². The summed E-state index contributed by atoms with van der Waals surface area (Å²) in [6, 6.07) is -0.131. The molecule has 0 bridgehead atoms. The van der Waals surface area contributed by atoms with Crippen molar-refractivity contribution in [1.82, 2.24) is 15.1 Å². The van der Waals surface area contributed by atoms with Gasteiger partial charge in [-0.15, -0.1) is 0 Å². The van der Waals surface area contributed by atoms with E-state index in [1.807, 2.05) is 32.6 Å². The molecule has 98 valence electrons. The first-order valence-corrected chi connectivity index (χ1v) is 6.19. The van der Waals surface area contributed by atoms with Crippen LogP contribution in [0.4, 0.5) is 4.79 Å². The van der Waals surface area contributed by atoms with Crippen molar-refractivity contribution in [2.45, 2.75) is 39.7 Å². The van der Waals surface area contributed by atoms with E-state index in [0.717, 1.165) is 6.42 Å². The standard InChI is InChI=1S/C12H23N3O2/c1-5-6-13-11(17)14-7-8-15(10(16)9-14)12(2,3)4/h5-9H2,1-4H3,(H,13,17). The molecular formula is C12H23N3O2. The summed E-state index contributed by atoms with van der Waals surface area (Å²) >= 11 is 0. The number of nitrogens with one attached hydrogen (secondary N) is 1. The first kappa shape index (κ1) is 13.8. The zero-order valence-electron chi connectivity index (χ0n) is 11.2. The third-order valence-electron chi connectivity index (χ3n) is 2.84. The van der Waals surface area contributed by atoms with Crippen LogP contribution in [-0.2, 0) is 4.79 Å². The predicted molar refractivity (Wildman–Crippen MR) is 66.7 cm³/mol. The van der Waals surface area contributed by atoms with Gasteiger partial charge in [0.15, 0.2) is 0 Å². The van der Waals surface area contributed by atoms with Crippen LogP contribution in [0.3, 0.4) is 0 Å². The smallest absolute Gasteiger partial charge is 0.317 e. The molecule has 0 radical (unpaired) electrons. The fraction of sp³-hybridized carbons (Fsp3) is 0.833. The molecule has 5 nitrogen and oxygen atoms in total. The molecule has 1 rings (SSSR count). The van der Waals surface area contributed by atoms with Crippen molar-refractivity contribution in [3.05, 3.63) is 0 Å². The van der Waals surface area contributed by atoms with Gasteiger partial charge in [-0.25, -0.2) is 4.79 Å². The Hall–Kier alpha value is -1.26. The molecule has 1 aliphatic rings. The molecule has 0 atom stereocenters. The Balaban J connectivity index is 2.52. The zero-order valence-corrected chi connectivity index (χ0v) is 11.2. The maximum absolute atomic E-state index is 11.9. The minimum atomic E-state index is -0.164. The molecule has 0 unspecified atom stereocenters. The summed E-state index contributed by atoms with van der Waals surface area (Å²) in [4.78, 5) is 27.1. The number of carbonyl (C=O) groups excluding carboxylic acids is 2. The molecule has 0 aromatic carbocycles. The van der Waals surface area contributed by atoms with E-state index in [2.05, 4.69) is 5.32 Å². The van der Waals surface area contributed by atoms with E-state index < -0.39 is 0 Å². The molecule has 0 aromatic rings. The summed E-state index contributed by atoms with van der Waals surface area (Å²) in [6.45, 7) is 10.1. The topological polar surface area (TPSA) is 52.7 Å². The van der Waals surface area contributed by atoms with Gasteiger partial charge >= 0.3 is 6.03 Å². The van der Waals surface area contributed by atoms with Crippen LogP contribution in [0.2, 0.25) is 0 Å². The quantitative estimate of drug-likeness (QED) is 0.785. The van der Waals surface area contributed by atoms with E-state index in [4.69, 9.17) is 0 Å². The van der Waals surface area contributed by atoms with Gasteiger partial charge in [0.2, 0.25) is 5.91 Å². The van der Waals surface area contributed by atoms with Crippen molar-refractivity contribution in [3.8, 4) is 0 Å². The number of nitrogens with zero attached hydrogens (tertiary/aromatic N) is 2. The lowest BCUT2D eigenvalue weighted by Gasteiger charge is -2.41. The fourth-order valence-corrected chi connectivity index (χ4v) is 1.90. The van der Waals surface area contributed by atoms with Crippen LogP contribution < -0.4 is 5.32 Å². The van der Waals surface area contributed by atoms with Crippen LogP contribution in [0.5, 0.6) is 0 Å². The molecule has 1 heterocycles. The predicted octanol–water partition coefficient (Wildman–Crippen LogP) is 1.05. The second-order valence-electron chi connectivity index (χ2n) is 5.37. The lowest BCUT2D eigenvalue weighted by Crippen LogP contribution is -2.59. The molecular weight excluding hydrogens is 218 g/mol. The monoisotopic (exact) mass is 241 g/mol. The second-order valence-corrected chi connectivity index (χ2v) is 5.37. The number of urea groups is 1. The second kappa shape index (κ2) is 5.38. The zero-order chi connectivity index (χ0) is 13.1. The van der Waals surface area contributed by atoms with Gasteiger partial charge in [0.05, 0.1) is 0 Å². The van der Waals surface area contributed by atoms with E-state index >= 15 is 0 Å². The lowest BCUT2D eigenvalue weighted by atomic mass is 10.0. The number of piperazine rings is 1. The van der Waals surface area contributed by atoms with E-state index in [1.165, 1.54) is 0 Å². The first-order valence-electron chi connectivity index (χ1n) is 6.19. The summed E-state index contributed by atoms with van der Waals surface area (Å²) in [5.74, 6) is 0.0235. The van der Waals surface area contributed by atoms with Crippen molar-refractivity contribution in [2.24, 2.45) is 0 Å². The maximum atomic E-state index is 11.9. The molecule has 0 aliphatic carbocycles. The van der Waals surface area contributed by atoms with Crippen LogP contribution in [-0.4, -0.2) is 53.5 Å². The van der Waals surface area contributed by atoms with E-state index in [0.29, 0.717) is 19.6 Å². The summed E-state index contributed by atoms with van der Waals surface area (Å²) in [5.41, 5.74) is -0.164. The Labute approximate surface area is 103 Å². The molecule has 3 amide bonds. The van der Waals surface area contributed by atoms with Crippen molar-refractivity contribution in [1.29, 1.82) is 0 Å². The molecule has 5 heteroatoms. The van der Waals surface area contributed by atoms with Gasteiger partial charge in [0.1, 0.15) is 6.54 Å². The van der Waals surface area contributed by atoms with Crippen LogP contribution in [0.15, 0.2) is 0 Å². The highest BCUT2D eigenvalue weighted by Crippen LogP contribution is 2.16. The molecule has 0 aromatic heterocycles. The fourth-order valence-electron chi connectivity index (χ4n) is 1.90. The third-order valence-corrected chi connectivity index (χ3v) is 2.84. The normalized spacial score (nSPS) is 17.3. The minimum absolute atomic E-state index is 0.0235. The van der Waals surface area contributed by atoms with E-state index in [9.17, 15) is 9.59 Å². The molecule has 1 saturated heterocycles. The first-order chi connectivity index (χ1) is 7.86. The SMILES string of the molecule is CCCNC(=O)N1CCN(C(C)(C)C)C(=O)C1. The number of rotatable bonds is 2. The number of hydrogen-bond donors (Lipinski definition) is 1. The van der Waals surface area contributed by atoms with Gasteiger partial charge in [0, 0.05) is 25.2 Å². The maximum Gasteiger partial charge on any atom is 0.317 e. The van der Waals surface area contributed by atoms with Crippen molar-refractivity contribution < 1.29 is 9.59 Å². The Bertz CT molecular complexity index is 297. The minimum Gasteiger partial charge on any atom is -0.338 e. The largest absolute Gasteiger partial charge is 0.338 e. The summed E-state index contributed by atoms with van der Waals surface area (Å²) in [5, 5.41) is 2.79.